The van der Waals surface area contributed by atoms with Crippen molar-refractivity contribution in [3.05, 3.63) is 59.9 Å². The number of nitrogens with zero attached hydrogens (tertiary/aromatic N) is 3. The molecule has 13 heteroatoms. The number of hydrogen-bond donors (Lipinski definition) is 3. The van der Waals surface area contributed by atoms with Gasteiger partial charge in [-0.05, 0) is 36.2 Å². The molecule has 1 fully saturated rings. The van der Waals surface area contributed by atoms with Crippen LogP contribution in [0.4, 0.5) is 26.0 Å². The quantitative estimate of drug-likeness (QED) is 0.178. The van der Waals surface area contributed by atoms with Crippen LogP contribution >= 0.6 is 0 Å². The zero-order valence-electron chi connectivity index (χ0n) is 22.9. The number of ether oxygens (including phenoxy) is 2. The van der Waals surface area contributed by atoms with Crippen molar-refractivity contribution in [3.63, 3.8) is 0 Å². The summed E-state index contributed by atoms with van der Waals surface area (Å²) in [5, 5.41) is 8.49. The molecule has 0 aliphatic carbocycles. The first-order valence-corrected chi connectivity index (χ1v) is 14.9. The summed E-state index contributed by atoms with van der Waals surface area (Å²) in [6, 6.07) is 13.0. The van der Waals surface area contributed by atoms with Gasteiger partial charge >= 0.3 is 0 Å². The average molecular weight is 597 g/mol. The molecule has 0 saturated carbocycles. The van der Waals surface area contributed by atoms with E-state index in [1.165, 1.54) is 25.3 Å². The molecule has 0 unspecified atom stereocenters. The molecule has 1 aliphatic heterocycles. The van der Waals surface area contributed by atoms with Crippen molar-refractivity contribution in [1.29, 1.82) is 5.41 Å². The maximum absolute atomic E-state index is 15.8. The van der Waals surface area contributed by atoms with Gasteiger partial charge in [0.1, 0.15) is 17.1 Å². The van der Waals surface area contributed by atoms with E-state index >= 15 is 4.39 Å². The summed E-state index contributed by atoms with van der Waals surface area (Å²) in [7, 11) is -2.47. The number of fused-ring (bicyclic) bond motifs is 1. The lowest BCUT2D eigenvalue weighted by Crippen LogP contribution is -2.37. The Morgan fingerprint density at radius 3 is 2.60 bits per heavy atom. The second kappa shape index (κ2) is 12.2. The Morgan fingerprint density at radius 2 is 1.88 bits per heavy atom. The summed E-state index contributed by atoms with van der Waals surface area (Å²) in [6.45, 7) is 1.28. The first-order chi connectivity index (χ1) is 20.3. The van der Waals surface area contributed by atoms with E-state index in [-0.39, 0.29) is 17.7 Å². The van der Waals surface area contributed by atoms with Crippen molar-refractivity contribution < 1.29 is 26.7 Å². The fourth-order valence-corrected chi connectivity index (χ4v) is 5.95. The van der Waals surface area contributed by atoms with Crippen molar-refractivity contribution in [2.45, 2.75) is 6.42 Å². The van der Waals surface area contributed by atoms with Gasteiger partial charge in [-0.15, -0.1) is 0 Å². The summed E-state index contributed by atoms with van der Waals surface area (Å²) >= 11 is 0. The first kappa shape index (κ1) is 29.1. The molecule has 3 aromatic carbocycles. The normalized spacial score (nSPS) is 13.7. The van der Waals surface area contributed by atoms with Crippen LogP contribution in [0.15, 0.2) is 48.5 Å². The SMILES string of the molecule is COc1cc(-c2cccc(NS(=O)(=O)CCCF)c2F)cc2c(N3CCOCC3)nc(-c3cccc(N)c3C=N)nc12. The lowest BCUT2D eigenvalue weighted by molar-refractivity contribution is 0.122. The second-order valence-electron chi connectivity index (χ2n) is 9.63. The number of anilines is 3. The molecule has 0 bridgehead atoms. The number of benzene rings is 3. The number of rotatable bonds is 10. The number of sulfonamides is 1. The van der Waals surface area contributed by atoms with Gasteiger partial charge in [0.15, 0.2) is 11.6 Å². The van der Waals surface area contributed by atoms with Crippen LogP contribution in [0.25, 0.3) is 33.4 Å². The van der Waals surface area contributed by atoms with Crippen molar-refractivity contribution >= 4 is 44.3 Å². The van der Waals surface area contributed by atoms with Crippen LogP contribution in [0.1, 0.15) is 12.0 Å². The van der Waals surface area contributed by atoms with E-state index in [2.05, 4.69) is 4.72 Å². The number of morpholine rings is 1. The smallest absolute Gasteiger partial charge is 0.232 e. The molecule has 5 rings (SSSR count). The molecule has 42 heavy (non-hydrogen) atoms. The summed E-state index contributed by atoms with van der Waals surface area (Å²) in [5.41, 5.74) is 8.37. The molecule has 0 radical (unpaired) electrons. The van der Waals surface area contributed by atoms with Crippen LogP contribution < -0.4 is 20.1 Å². The third-order valence-electron chi connectivity index (χ3n) is 6.92. The van der Waals surface area contributed by atoms with E-state index in [0.717, 1.165) is 6.21 Å². The van der Waals surface area contributed by atoms with E-state index < -0.39 is 28.3 Å². The monoisotopic (exact) mass is 596 g/mol. The molecule has 10 nitrogen and oxygen atoms in total. The van der Waals surface area contributed by atoms with Crippen LogP contribution in [0.5, 0.6) is 5.75 Å². The Kier molecular flexibility index (Phi) is 8.50. The fourth-order valence-electron chi connectivity index (χ4n) is 4.87. The number of aromatic nitrogens is 2. The maximum atomic E-state index is 15.8. The van der Waals surface area contributed by atoms with E-state index in [1.54, 1.807) is 30.3 Å². The van der Waals surface area contributed by atoms with Crippen molar-refractivity contribution in [3.8, 4) is 28.3 Å². The highest BCUT2D eigenvalue weighted by atomic mass is 32.2. The number of nitrogen functional groups attached to an aromatic ring is 1. The summed E-state index contributed by atoms with van der Waals surface area (Å²) in [6.07, 6.45) is 0.969. The van der Waals surface area contributed by atoms with Crippen LogP contribution in [0.3, 0.4) is 0 Å². The predicted molar refractivity (Wildman–Crippen MR) is 160 cm³/mol. The van der Waals surface area contributed by atoms with E-state index in [0.29, 0.717) is 77.0 Å². The van der Waals surface area contributed by atoms with Gasteiger partial charge in [0.2, 0.25) is 10.0 Å². The topological polar surface area (TPSA) is 144 Å². The molecule has 1 saturated heterocycles. The van der Waals surface area contributed by atoms with Gasteiger partial charge in [-0.25, -0.2) is 22.8 Å². The standard InChI is InChI=1S/C29H30F2N6O4S/c1-40-25-16-18(19-5-3-8-24(26(19)31)36-42(38,39)14-4-9-30)15-21-27(25)34-28(20-6-2-7-23(33)22(20)17-32)35-29(21)37-10-12-41-13-11-37/h2-3,5-8,15-17,32,36H,4,9-14,33H2,1H3. The van der Waals surface area contributed by atoms with E-state index in [4.69, 9.17) is 30.6 Å². The van der Waals surface area contributed by atoms with Gasteiger partial charge in [-0.3, -0.25) is 9.11 Å². The summed E-state index contributed by atoms with van der Waals surface area (Å²) < 4.78 is 66.5. The molecule has 2 heterocycles. The zero-order chi connectivity index (χ0) is 29.9. The highest BCUT2D eigenvalue weighted by molar-refractivity contribution is 7.92. The molecule has 0 amide bonds. The summed E-state index contributed by atoms with van der Waals surface area (Å²) in [4.78, 5) is 11.7. The second-order valence-corrected chi connectivity index (χ2v) is 11.5. The number of nitrogens with two attached hydrogens (primary N) is 1. The lowest BCUT2D eigenvalue weighted by Gasteiger charge is -2.29. The third-order valence-corrected chi connectivity index (χ3v) is 8.28. The number of nitrogens with one attached hydrogen (secondary N) is 2. The molecule has 1 aliphatic rings. The largest absolute Gasteiger partial charge is 0.494 e. The minimum Gasteiger partial charge on any atom is -0.494 e. The maximum Gasteiger partial charge on any atom is 0.232 e. The van der Waals surface area contributed by atoms with Gasteiger partial charge in [0.05, 0.1) is 38.4 Å². The van der Waals surface area contributed by atoms with Gasteiger partial charge in [0, 0.05) is 47.1 Å². The van der Waals surface area contributed by atoms with E-state index in [1.807, 2.05) is 4.90 Å². The minimum absolute atomic E-state index is 0.125. The molecular formula is C29H30F2N6O4S. The zero-order valence-corrected chi connectivity index (χ0v) is 23.7. The molecule has 1 aromatic heterocycles. The number of methoxy groups -OCH3 is 1. The molecule has 4 N–H and O–H groups in total. The first-order valence-electron chi connectivity index (χ1n) is 13.2. The number of hydrogen-bond acceptors (Lipinski definition) is 9. The molecule has 220 valence electrons. The molecule has 0 spiro atoms. The van der Waals surface area contributed by atoms with Gasteiger partial charge in [-0.2, -0.15) is 0 Å². The van der Waals surface area contributed by atoms with Crippen molar-refractivity contribution in [2.75, 3.05) is 61.2 Å². The average Bonchev–Trinajstić information content (AvgIpc) is 3.00. The lowest BCUT2D eigenvalue weighted by atomic mass is 10.0. The summed E-state index contributed by atoms with van der Waals surface area (Å²) in [5.74, 6) is 0.00150. The predicted octanol–water partition coefficient (Wildman–Crippen LogP) is 4.63. The van der Waals surface area contributed by atoms with Crippen LogP contribution in [-0.2, 0) is 14.8 Å². The third kappa shape index (κ3) is 5.83. The van der Waals surface area contributed by atoms with Crippen LogP contribution in [0, 0.1) is 11.2 Å². The van der Waals surface area contributed by atoms with Gasteiger partial charge < -0.3 is 25.5 Å². The fraction of sp³-hybridized carbons (Fsp3) is 0.276. The molecule has 0 atom stereocenters. The Morgan fingerprint density at radius 1 is 1.14 bits per heavy atom. The highest BCUT2D eigenvalue weighted by Crippen LogP contribution is 2.39. The Labute approximate surface area is 242 Å². The van der Waals surface area contributed by atoms with Crippen LogP contribution in [0.2, 0.25) is 0 Å². The highest BCUT2D eigenvalue weighted by Gasteiger charge is 2.23. The number of alkyl halides is 1. The minimum atomic E-state index is -3.95. The molecular weight excluding hydrogens is 566 g/mol. The van der Waals surface area contributed by atoms with Crippen molar-refractivity contribution in [1.82, 2.24) is 9.97 Å². The van der Waals surface area contributed by atoms with Gasteiger partial charge in [-0.1, -0.05) is 24.3 Å². The Hall–Kier alpha value is -4.36. The molecule has 4 aromatic rings. The van der Waals surface area contributed by atoms with Gasteiger partial charge in [0.25, 0.3) is 0 Å². The van der Waals surface area contributed by atoms with Crippen LogP contribution in [-0.4, -0.2) is 70.4 Å². The number of halogens is 2. The van der Waals surface area contributed by atoms with Crippen molar-refractivity contribution in [2.24, 2.45) is 0 Å². The van der Waals surface area contributed by atoms with E-state index in [9.17, 15) is 12.8 Å². The Balaban J connectivity index is 1.70. The Bertz CT molecular complexity index is 1750.